The van der Waals surface area contributed by atoms with Crippen molar-refractivity contribution < 1.29 is 18.0 Å². The number of nitrogens with one attached hydrogen (secondary N) is 1. The molecule has 4 rings (SSSR count). The van der Waals surface area contributed by atoms with Gasteiger partial charge in [0, 0.05) is 42.0 Å². The fraction of sp³-hybridized carbons (Fsp3) is 0.375. The van der Waals surface area contributed by atoms with Gasteiger partial charge < -0.3 is 10.2 Å². The Morgan fingerprint density at radius 1 is 0.881 bits per heavy atom. The van der Waals surface area contributed by atoms with Gasteiger partial charge in [0.05, 0.1) is 11.9 Å². The lowest BCUT2D eigenvalue weighted by atomic mass is 10.0. The van der Waals surface area contributed by atoms with Crippen LogP contribution in [0.3, 0.4) is 0 Å². The summed E-state index contributed by atoms with van der Waals surface area (Å²) < 4.78 is 26.5. The first-order valence-corrected chi connectivity index (χ1v) is 16.8. The molecule has 2 amide bonds. The van der Waals surface area contributed by atoms with Crippen LogP contribution in [0.5, 0.6) is 0 Å². The number of anilines is 1. The average Bonchev–Trinajstić information content (AvgIpc) is 3.47. The molecule has 1 atom stereocenters. The molecule has 0 spiro atoms. The normalized spacial score (nSPS) is 14.4. The van der Waals surface area contributed by atoms with E-state index in [1.165, 1.54) is 4.31 Å². The molecule has 3 aromatic rings. The number of benzene rings is 3. The highest BCUT2D eigenvalue weighted by molar-refractivity contribution is 7.92. The number of amides is 2. The van der Waals surface area contributed by atoms with Crippen LogP contribution in [0.1, 0.15) is 49.7 Å². The predicted molar refractivity (Wildman–Crippen MR) is 169 cm³/mol. The first-order chi connectivity index (χ1) is 20.1. The molecule has 0 radical (unpaired) electrons. The number of sulfonamides is 1. The third-order valence-corrected chi connectivity index (χ3v) is 9.20. The summed E-state index contributed by atoms with van der Waals surface area (Å²) in [5.41, 5.74) is 2.27. The number of hydrogen-bond acceptors (Lipinski definition) is 4. The lowest BCUT2D eigenvalue weighted by Gasteiger charge is -2.33. The Balaban J connectivity index is 1.57. The molecular weight excluding hydrogens is 593 g/mol. The number of hydrogen-bond donors (Lipinski definition) is 1. The van der Waals surface area contributed by atoms with E-state index in [1.807, 2.05) is 42.5 Å². The molecule has 0 aliphatic heterocycles. The summed E-state index contributed by atoms with van der Waals surface area (Å²) in [4.78, 5) is 29.4. The average molecular weight is 631 g/mol. The van der Waals surface area contributed by atoms with Crippen LogP contribution in [0.15, 0.2) is 78.9 Å². The van der Waals surface area contributed by atoms with E-state index in [4.69, 9.17) is 23.2 Å². The van der Waals surface area contributed by atoms with E-state index < -0.39 is 16.1 Å². The molecular formula is C32H37Cl2N3O4S. The Labute approximate surface area is 258 Å². The summed E-state index contributed by atoms with van der Waals surface area (Å²) in [5.74, 6) is -0.399. The topological polar surface area (TPSA) is 86.8 Å². The van der Waals surface area contributed by atoms with Crippen LogP contribution in [0, 0.1) is 0 Å². The van der Waals surface area contributed by atoms with Crippen molar-refractivity contribution in [2.45, 2.75) is 63.6 Å². The Bertz CT molecular complexity index is 1430. The molecule has 0 unspecified atom stereocenters. The zero-order chi connectivity index (χ0) is 30.1. The lowest BCUT2D eigenvalue weighted by Crippen LogP contribution is -2.52. The summed E-state index contributed by atoms with van der Waals surface area (Å²) in [6, 6.07) is 22.8. The van der Waals surface area contributed by atoms with Gasteiger partial charge in [0.2, 0.25) is 21.8 Å². The molecule has 0 saturated heterocycles. The highest BCUT2D eigenvalue weighted by Crippen LogP contribution is 2.23. The van der Waals surface area contributed by atoms with Crippen molar-refractivity contribution in [1.29, 1.82) is 0 Å². The largest absolute Gasteiger partial charge is 0.352 e. The molecule has 0 aromatic heterocycles. The van der Waals surface area contributed by atoms with Crippen molar-refractivity contribution in [2.75, 3.05) is 17.1 Å². The second kappa shape index (κ2) is 14.9. The van der Waals surface area contributed by atoms with Crippen LogP contribution in [-0.2, 0) is 32.6 Å². The lowest BCUT2D eigenvalue weighted by molar-refractivity contribution is -0.141. The maximum absolute atomic E-state index is 13.9. The SMILES string of the molecule is CS(=O)(=O)N(CCCC(=O)N(Cc1ccc(Cl)cc1)[C@@H](Cc1ccccc1)C(=O)NC1CCCC1)c1ccc(Cl)cc1. The van der Waals surface area contributed by atoms with Crippen LogP contribution >= 0.6 is 23.2 Å². The van der Waals surface area contributed by atoms with E-state index in [1.54, 1.807) is 41.3 Å². The molecule has 1 saturated carbocycles. The molecule has 10 heteroatoms. The summed E-state index contributed by atoms with van der Waals surface area (Å²) in [7, 11) is -3.60. The molecule has 1 aliphatic rings. The third kappa shape index (κ3) is 9.21. The molecule has 0 bridgehead atoms. The van der Waals surface area contributed by atoms with Gasteiger partial charge in [0.25, 0.3) is 0 Å². The van der Waals surface area contributed by atoms with E-state index in [9.17, 15) is 18.0 Å². The van der Waals surface area contributed by atoms with Crippen LogP contribution in [0.4, 0.5) is 5.69 Å². The van der Waals surface area contributed by atoms with Gasteiger partial charge in [-0.3, -0.25) is 13.9 Å². The minimum Gasteiger partial charge on any atom is -0.352 e. The number of rotatable bonds is 13. The molecule has 1 N–H and O–H groups in total. The van der Waals surface area contributed by atoms with Crippen molar-refractivity contribution >= 4 is 50.7 Å². The fourth-order valence-corrected chi connectivity index (χ4v) is 6.54. The smallest absolute Gasteiger partial charge is 0.243 e. The summed E-state index contributed by atoms with van der Waals surface area (Å²) in [6.45, 7) is 0.331. The standard InChI is InChI=1S/C32H37Cl2N3O4S/c1-42(40,41)37(29-19-17-27(34)18-20-29)21-7-12-31(38)36(23-25-13-15-26(33)16-14-25)30(22-24-8-3-2-4-9-24)32(39)35-28-10-5-6-11-28/h2-4,8-9,13-20,28,30H,5-7,10-12,21-23H2,1H3,(H,35,39)/t30-/m0/s1. The Morgan fingerprint density at radius 2 is 1.48 bits per heavy atom. The van der Waals surface area contributed by atoms with E-state index in [0.717, 1.165) is 43.1 Å². The van der Waals surface area contributed by atoms with Crippen LogP contribution in [0.2, 0.25) is 10.0 Å². The highest BCUT2D eigenvalue weighted by Gasteiger charge is 2.32. The highest BCUT2D eigenvalue weighted by atomic mass is 35.5. The maximum atomic E-state index is 13.9. The summed E-state index contributed by atoms with van der Waals surface area (Å²) in [6.07, 6.45) is 5.85. The minimum atomic E-state index is -3.60. The van der Waals surface area contributed by atoms with Gasteiger partial charge in [0.15, 0.2) is 0 Å². The maximum Gasteiger partial charge on any atom is 0.243 e. The Morgan fingerprint density at radius 3 is 2.07 bits per heavy atom. The van der Waals surface area contributed by atoms with Gasteiger partial charge in [-0.25, -0.2) is 8.42 Å². The Hall–Kier alpha value is -3.07. The van der Waals surface area contributed by atoms with E-state index >= 15 is 0 Å². The van der Waals surface area contributed by atoms with Gasteiger partial charge in [-0.15, -0.1) is 0 Å². The summed E-state index contributed by atoms with van der Waals surface area (Å²) >= 11 is 12.1. The van der Waals surface area contributed by atoms with Crippen molar-refractivity contribution in [3.8, 4) is 0 Å². The van der Waals surface area contributed by atoms with E-state index in [0.29, 0.717) is 22.2 Å². The molecule has 7 nitrogen and oxygen atoms in total. The van der Waals surface area contributed by atoms with Crippen molar-refractivity contribution in [3.63, 3.8) is 0 Å². The van der Waals surface area contributed by atoms with Crippen LogP contribution in [0.25, 0.3) is 0 Å². The second-order valence-electron chi connectivity index (χ2n) is 10.8. The van der Waals surface area contributed by atoms with Crippen LogP contribution in [-0.4, -0.2) is 50.0 Å². The first-order valence-electron chi connectivity index (χ1n) is 14.2. The summed E-state index contributed by atoms with van der Waals surface area (Å²) in [5, 5.41) is 4.28. The monoisotopic (exact) mass is 629 g/mol. The van der Waals surface area contributed by atoms with Crippen molar-refractivity contribution in [3.05, 3.63) is 100 Å². The zero-order valence-electron chi connectivity index (χ0n) is 23.7. The third-order valence-electron chi connectivity index (χ3n) is 7.51. The number of nitrogens with zero attached hydrogens (tertiary/aromatic N) is 2. The number of carbonyl (C=O) groups excluding carboxylic acids is 2. The van der Waals surface area contributed by atoms with Crippen LogP contribution < -0.4 is 9.62 Å². The Kier molecular flexibility index (Phi) is 11.3. The second-order valence-corrected chi connectivity index (χ2v) is 13.5. The molecule has 224 valence electrons. The van der Waals surface area contributed by atoms with Gasteiger partial charge >= 0.3 is 0 Å². The van der Waals surface area contributed by atoms with Gasteiger partial charge in [-0.2, -0.15) is 0 Å². The number of carbonyl (C=O) groups is 2. The van der Waals surface area contributed by atoms with E-state index in [2.05, 4.69) is 5.32 Å². The quantitative estimate of drug-likeness (QED) is 0.242. The molecule has 3 aromatic carbocycles. The van der Waals surface area contributed by atoms with Gasteiger partial charge in [-0.05, 0) is 66.8 Å². The predicted octanol–water partition coefficient (Wildman–Crippen LogP) is 6.24. The van der Waals surface area contributed by atoms with Gasteiger partial charge in [0.1, 0.15) is 6.04 Å². The van der Waals surface area contributed by atoms with Crippen molar-refractivity contribution in [2.24, 2.45) is 0 Å². The molecule has 1 fully saturated rings. The zero-order valence-corrected chi connectivity index (χ0v) is 26.0. The minimum absolute atomic E-state index is 0.0647. The molecule has 0 heterocycles. The fourth-order valence-electron chi connectivity index (χ4n) is 5.32. The first kappa shape index (κ1) is 31.9. The number of halogens is 2. The molecule has 1 aliphatic carbocycles. The van der Waals surface area contributed by atoms with Gasteiger partial charge in [-0.1, -0.05) is 78.5 Å². The van der Waals surface area contributed by atoms with E-state index in [-0.39, 0.29) is 43.8 Å². The van der Waals surface area contributed by atoms with Crippen molar-refractivity contribution in [1.82, 2.24) is 10.2 Å². The molecule has 42 heavy (non-hydrogen) atoms.